The summed E-state index contributed by atoms with van der Waals surface area (Å²) in [5, 5.41) is 0. The molecule has 4 aliphatic rings. The van der Waals surface area contributed by atoms with Crippen LogP contribution in [0.1, 0.15) is 68.9 Å². The summed E-state index contributed by atoms with van der Waals surface area (Å²) in [4.78, 5) is 27.3. The Balaban J connectivity index is 1.22. The summed E-state index contributed by atoms with van der Waals surface area (Å²) in [6.45, 7) is 5.41. The fourth-order valence-corrected chi connectivity index (χ4v) is 7.41. The predicted octanol–water partition coefficient (Wildman–Crippen LogP) is 4.03. The van der Waals surface area contributed by atoms with E-state index in [2.05, 4.69) is 30.0 Å². The molecule has 1 aliphatic heterocycles. The first kappa shape index (κ1) is 22.8. The van der Waals surface area contributed by atoms with Crippen molar-refractivity contribution in [2.24, 2.45) is 28.9 Å². The van der Waals surface area contributed by atoms with Crippen LogP contribution in [0.15, 0.2) is 18.2 Å². The number of likely N-dealkylation sites (tertiary alicyclic amines) is 1. The van der Waals surface area contributed by atoms with Crippen molar-refractivity contribution in [1.29, 1.82) is 0 Å². The van der Waals surface area contributed by atoms with Crippen LogP contribution in [-0.4, -0.2) is 49.0 Å². The van der Waals surface area contributed by atoms with Gasteiger partial charge >= 0.3 is 0 Å². The van der Waals surface area contributed by atoms with E-state index < -0.39 is 6.17 Å². The molecule has 2 N–H and O–H groups in total. The highest BCUT2D eigenvalue weighted by Gasteiger charge is 2.60. The number of benzene rings is 1. The second-order valence-corrected chi connectivity index (χ2v) is 11.0. The first-order valence-electron chi connectivity index (χ1n) is 12.8. The van der Waals surface area contributed by atoms with Crippen LogP contribution in [0, 0.1) is 23.2 Å². The number of hydrogen-bond donors (Lipinski definition) is 1. The van der Waals surface area contributed by atoms with Crippen LogP contribution in [0.3, 0.4) is 0 Å². The van der Waals surface area contributed by atoms with Gasteiger partial charge in [-0.05, 0) is 86.0 Å². The molecular weight excluding hydrogens is 419 g/mol. The number of ketones is 1. The monoisotopic (exact) mass is 456 g/mol. The number of fused-ring (bicyclic) bond motifs is 5. The Hall–Kier alpha value is -1.95. The molecule has 1 amide bonds. The van der Waals surface area contributed by atoms with Gasteiger partial charge in [-0.25, -0.2) is 4.39 Å². The Labute approximate surface area is 196 Å². The molecule has 1 aromatic rings. The number of nitrogens with two attached hydrogens (primary N) is 1. The third-order valence-corrected chi connectivity index (χ3v) is 9.20. The molecular formula is C27H37FN2O3. The van der Waals surface area contributed by atoms with Crippen molar-refractivity contribution in [2.45, 2.75) is 70.4 Å². The zero-order chi connectivity index (χ0) is 23.2. The quantitative estimate of drug-likeness (QED) is 0.656. The average Bonchev–Trinajstić information content (AvgIpc) is 3.08. The lowest BCUT2D eigenvalue weighted by Crippen LogP contribution is -2.46. The number of piperidine rings is 1. The lowest BCUT2D eigenvalue weighted by atomic mass is 9.54. The fraction of sp³-hybridized carbons (Fsp3) is 0.704. The Kier molecular flexibility index (Phi) is 6.23. The minimum absolute atomic E-state index is 0.0767. The van der Waals surface area contributed by atoms with Crippen molar-refractivity contribution >= 4 is 11.7 Å². The number of alkyl halides is 1. The summed E-state index contributed by atoms with van der Waals surface area (Å²) in [6, 6.07) is 6.49. The van der Waals surface area contributed by atoms with E-state index in [1.807, 2.05) is 0 Å². The molecule has 0 spiro atoms. The highest BCUT2D eigenvalue weighted by molar-refractivity contribution is 5.94. The number of primary amides is 1. The normalized spacial score (nSPS) is 34.4. The van der Waals surface area contributed by atoms with Crippen molar-refractivity contribution in [3.8, 4) is 5.75 Å². The first-order chi connectivity index (χ1) is 15.9. The van der Waals surface area contributed by atoms with Gasteiger partial charge in [-0.2, -0.15) is 0 Å². The summed E-state index contributed by atoms with van der Waals surface area (Å²) in [5.74, 6) is 1.36. The zero-order valence-electron chi connectivity index (χ0n) is 19.7. The van der Waals surface area contributed by atoms with Crippen LogP contribution in [0.25, 0.3) is 0 Å². The van der Waals surface area contributed by atoms with E-state index in [-0.39, 0.29) is 28.9 Å². The molecule has 0 radical (unpaired) electrons. The maximum absolute atomic E-state index is 13.3. The van der Waals surface area contributed by atoms with Crippen LogP contribution in [-0.2, 0) is 16.0 Å². The summed E-state index contributed by atoms with van der Waals surface area (Å²) >= 11 is 0. The van der Waals surface area contributed by atoms with Gasteiger partial charge in [-0.1, -0.05) is 13.0 Å². The molecule has 1 aromatic carbocycles. The molecule has 2 saturated carbocycles. The van der Waals surface area contributed by atoms with Gasteiger partial charge in [-0.3, -0.25) is 9.59 Å². The number of hydrogen-bond acceptors (Lipinski definition) is 4. The minimum Gasteiger partial charge on any atom is -0.494 e. The first-order valence-corrected chi connectivity index (χ1v) is 12.8. The number of amides is 1. The molecule has 1 unspecified atom stereocenters. The Morgan fingerprint density at radius 2 is 2.03 bits per heavy atom. The number of nitrogens with zero attached hydrogens (tertiary/aromatic N) is 1. The standard InChI is InChI=1S/C27H37FN2O3/c1-27-10-7-21-20-6-4-19(33-14-2-11-30-12-8-18(28)9-13-30)15-17(20)3-5-22(21)25(27)23(26(29)32)16-24(27)31/h4,6,15,18,21-23,25H,2-3,5,7-14,16H2,1H3,(H2,29,32)/t21-,22-,23?,25-,27-/m1/s1. The molecule has 5 nitrogen and oxygen atoms in total. The van der Waals surface area contributed by atoms with Crippen LogP contribution >= 0.6 is 0 Å². The topological polar surface area (TPSA) is 72.6 Å². The second-order valence-electron chi connectivity index (χ2n) is 11.0. The highest BCUT2D eigenvalue weighted by Crippen LogP contribution is 2.61. The predicted molar refractivity (Wildman–Crippen MR) is 125 cm³/mol. The van der Waals surface area contributed by atoms with Gasteiger partial charge in [0.25, 0.3) is 0 Å². The van der Waals surface area contributed by atoms with E-state index in [1.165, 1.54) is 11.1 Å². The molecule has 3 aliphatic carbocycles. The maximum Gasteiger partial charge on any atom is 0.221 e. The van der Waals surface area contributed by atoms with Gasteiger partial charge in [0, 0.05) is 37.4 Å². The van der Waals surface area contributed by atoms with E-state index >= 15 is 0 Å². The molecule has 6 heteroatoms. The largest absolute Gasteiger partial charge is 0.494 e. The minimum atomic E-state index is -0.624. The van der Waals surface area contributed by atoms with Crippen LogP contribution < -0.4 is 10.5 Å². The van der Waals surface area contributed by atoms with E-state index in [0.29, 0.717) is 37.7 Å². The smallest absolute Gasteiger partial charge is 0.221 e. The van der Waals surface area contributed by atoms with Crippen LogP contribution in [0.5, 0.6) is 5.75 Å². The van der Waals surface area contributed by atoms with Gasteiger partial charge in [-0.15, -0.1) is 0 Å². The number of Topliss-reactive ketones (excluding diaryl/α,β-unsaturated/α-hetero) is 1. The fourth-order valence-electron chi connectivity index (χ4n) is 7.41. The SMILES string of the molecule is C[C@]12CC[C@@H]3c4ccc(OCCCN5CCC(F)CC5)cc4CC[C@H]3[C@@H]1C(C(N)=O)CC2=O. The van der Waals surface area contributed by atoms with Crippen LogP contribution in [0.4, 0.5) is 4.39 Å². The number of aryl methyl sites for hydroxylation is 1. The molecule has 0 aromatic heterocycles. The number of carbonyl (C=O) groups excluding carboxylic acids is 2. The van der Waals surface area contributed by atoms with E-state index in [1.54, 1.807) is 0 Å². The van der Waals surface area contributed by atoms with Crippen molar-refractivity contribution in [3.63, 3.8) is 0 Å². The van der Waals surface area contributed by atoms with Crippen molar-refractivity contribution in [3.05, 3.63) is 29.3 Å². The third kappa shape index (κ3) is 4.20. The van der Waals surface area contributed by atoms with Crippen LogP contribution in [0.2, 0.25) is 0 Å². The molecule has 5 rings (SSSR count). The molecule has 5 atom stereocenters. The lowest BCUT2D eigenvalue weighted by Gasteiger charge is -2.49. The van der Waals surface area contributed by atoms with Gasteiger partial charge < -0.3 is 15.4 Å². The summed E-state index contributed by atoms with van der Waals surface area (Å²) in [5.41, 5.74) is 8.08. The Morgan fingerprint density at radius 3 is 2.79 bits per heavy atom. The van der Waals surface area contributed by atoms with Gasteiger partial charge in [0.05, 0.1) is 6.61 Å². The molecule has 3 fully saturated rings. The number of ether oxygens (including phenoxy) is 1. The van der Waals surface area contributed by atoms with Gasteiger partial charge in [0.2, 0.25) is 5.91 Å². The number of halogens is 1. The summed E-state index contributed by atoms with van der Waals surface area (Å²) < 4.78 is 19.3. The van der Waals surface area contributed by atoms with E-state index in [9.17, 15) is 14.0 Å². The summed E-state index contributed by atoms with van der Waals surface area (Å²) in [7, 11) is 0. The molecule has 1 saturated heterocycles. The maximum atomic E-state index is 13.3. The van der Waals surface area contributed by atoms with Crippen molar-refractivity contribution in [2.75, 3.05) is 26.2 Å². The Morgan fingerprint density at radius 1 is 1.24 bits per heavy atom. The lowest BCUT2D eigenvalue weighted by molar-refractivity contribution is -0.129. The molecule has 180 valence electrons. The molecule has 1 heterocycles. The van der Waals surface area contributed by atoms with E-state index in [4.69, 9.17) is 10.5 Å². The number of rotatable bonds is 6. The highest BCUT2D eigenvalue weighted by atomic mass is 19.1. The Bertz CT molecular complexity index is 913. The van der Waals surface area contributed by atoms with Crippen molar-refractivity contribution in [1.82, 2.24) is 4.90 Å². The van der Waals surface area contributed by atoms with Gasteiger partial charge in [0.15, 0.2) is 0 Å². The third-order valence-electron chi connectivity index (χ3n) is 9.20. The second kappa shape index (κ2) is 9.01. The van der Waals surface area contributed by atoms with Crippen molar-refractivity contribution < 1.29 is 18.7 Å². The zero-order valence-corrected chi connectivity index (χ0v) is 19.7. The number of carbonyl (C=O) groups is 2. The van der Waals surface area contributed by atoms with E-state index in [0.717, 1.165) is 57.5 Å². The molecule has 0 bridgehead atoms. The average molecular weight is 457 g/mol. The van der Waals surface area contributed by atoms with Gasteiger partial charge in [0.1, 0.15) is 17.7 Å². The molecule has 33 heavy (non-hydrogen) atoms. The summed E-state index contributed by atoms with van der Waals surface area (Å²) in [6.07, 6.45) is 5.76.